The zero-order valence-electron chi connectivity index (χ0n) is 12.8. The molecule has 120 valence electrons. The number of carbonyl (C=O) groups excluding carboxylic acids is 2. The van der Waals surface area contributed by atoms with Crippen LogP contribution in [0, 0.1) is 0 Å². The Bertz CT molecular complexity index is 709. The maximum absolute atomic E-state index is 12.0. The summed E-state index contributed by atoms with van der Waals surface area (Å²) in [5, 5.41) is 9.58. The van der Waals surface area contributed by atoms with Gasteiger partial charge in [0, 0.05) is 22.5 Å². The van der Waals surface area contributed by atoms with Crippen molar-refractivity contribution in [3.8, 4) is 0 Å². The van der Waals surface area contributed by atoms with Crippen LogP contribution < -0.4 is 10.6 Å². The number of nitrogens with one attached hydrogen (secondary N) is 2. The van der Waals surface area contributed by atoms with Crippen molar-refractivity contribution in [2.45, 2.75) is 23.2 Å². The molecule has 1 aromatic carbocycles. The van der Waals surface area contributed by atoms with Crippen LogP contribution in [0.2, 0.25) is 0 Å². The fourth-order valence-corrected chi connectivity index (χ4v) is 3.74. The van der Waals surface area contributed by atoms with E-state index < -0.39 is 11.8 Å². The van der Waals surface area contributed by atoms with Gasteiger partial charge >= 0.3 is 11.8 Å². The van der Waals surface area contributed by atoms with Crippen molar-refractivity contribution in [2.75, 3.05) is 18.1 Å². The molecule has 0 aliphatic heterocycles. The zero-order chi connectivity index (χ0) is 16.3. The number of thioether (sulfide) groups is 1. The summed E-state index contributed by atoms with van der Waals surface area (Å²) in [6.07, 6.45) is 4.08. The molecule has 2 amide bonds. The lowest BCUT2D eigenvalue weighted by molar-refractivity contribution is -0.136. The van der Waals surface area contributed by atoms with E-state index in [1.807, 2.05) is 29.8 Å². The van der Waals surface area contributed by atoms with Gasteiger partial charge in [0.2, 0.25) is 0 Å². The van der Waals surface area contributed by atoms with Gasteiger partial charge in [0.1, 0.15) is 0 Å². The number of anilines is 1. The summed E-state index contributed by atoms with van der Waals surface area (Å²) in [6, 6.07) is 9.53. The Morgan fingerprint density at radius 2 is 2.09 bits per heavy atom. The third-order valence-electron chi connectivity index (χ3n) is 4.11. The monoisotopic (exact) mass is 346 g/mol. The Morgan fingerprint density at radius 1 is 1.26 bits per heavy atom. The first kappa shape index (κ1) is 16.1. The second-order valence-corrected chi connectivity index (χ2v) is 7.32. The largest absolute Gasteiger partial charge is 0.347 e. The normalized spacial score (nSPS) is 15.0. The zero-order valence-corrected chi connectivity index (χ0v) is 14.4. The predicted octanol–water partition coefficient (Wildman–Crippen LogP) is 3.26. The molecule has 4 nitrogen and oxygen atoms in total. The highest BCUT2D eigenvalue weighted by Gasteiger charge is 2.44. The lowest BCUT2D eigenvalue weighted by Gasteiger charge is -2.14. The van der Waals surface area contributed by atoms with Gasteiger partial charge in [-0.05, 0) is 59.7 Å². The summed E-state index contributed by atoms with van der Waals surface area (Å²) >= 11 is 3.25. The fourth-order valence-electron chi connectivity index (χ4n) is 2.50. The third-order valence-corrected chi connectivity index (χ3v) is 5.52. The fraction of sp³-hybridized carbons (Fsp3) is 0.294. The Labute approximate surface area is 143 Å². The highest BCUT2D eigenvalue weighted by atomic mass is 32.2. The quantitative estimate of drug-likeness (QED) is 0.645. The summed E-state index contributed by atoms with van der Waals surface area (Å²) in [5.74, 6) is -1.20. The highest BCUT2D eigenvalue weighted by molar-refractivity contribution is 7.98. The van der Waals surface area contributed by atoms with Crippen LogP contribution in [0.5, 0.6) is 0 Å². The summed E-state index contributed by atoms with van der Waals surface area (Å²) in [7, 11) is 0. The predicted molar refractivity (Wildman–Crippen MR) is 95.1 cm³/mol. The number of benzene rings is 1. The average molecular weight is 346 g/mol. The standard InChI is InChI=1S/C17H18N2O2S2/c1-22-14-4-2-3-13(9-14)19-16(21)15(20)18-11-17(6-7-17)12-5-8-23-10-12/h2-5,8-10H,6-7,11H2,1H3,(H,18,20)(H,19,21). The van der Waals surface area contributed by atoms with Crippen molar-refractivity contribution in [1.29, 1.82) is 0 Å². The van der Waals surface area contributed by atoms with E-state index in [0.29, 0.717) is 12.2 Å². The van der Waals surface area contributed by atoms with Crippen LogP contribution in [0.4, 0.5) is 5.69 Å². The van der Waals surface area contributed by atoms with Crippen molar-refractivity contribution in [3.05, 3.63) is 46.7 Å². The van der Waals surface area contributed by atoms with E-state index in [-0.39, 0.29) is 5.41 Å². The van der Waals surface area contributed by atoms with Gasteiger partial charge in [-0.1, -0.05) is 6.07 Å². The molecule has 2 aromatic rings. The van der Waals surface area contributed by atoms with Crippen molar-refractivity contribution >= 4 is 40.6 Å². The number of hydrogen-bond acceptors (Lipinski definition) is 4. The van der Waals surface area contributed by atoms with Crippen LogP contribution in [-0.4, -0.2) is 24.6 Å². The Hall–Kier alpha value is -1.79. The molecule has 2 N–H and O–H groups in total. The molecule has 1 aliphatic rings. The molecule has 1 aromatic heterocycles. The molecule has 3 rings (SSSR count). The van der Waals surface area contributed by atoms with Gasteiger partial charge in [-0.25, -0.2) is 0 Å². The highest BCUT2D eigenvalue weighted by Crippen LogP contribution is 2.48. The van der Waals surface area contributed by atoms with Crippen LogP contribution in [-0.2, 0) is 15.0 Å². The number of thiophene rings is 1. The molecule has 0 bridgehead atoms. The number of amides is 2. The molecule has 0 unspecified atom stereocenters. The maximum atomic E-state index is 12.0. The van der Waals surface area contributed by atoms with Crippen molar-refractivity contribution < 1.29 is 9.59 Å². The van der Waals surface area contributed by atoms with Crippen LogP contribution in [0.15, 0.2) is 46.0 Å². The molecule has 0 saturated heterocycles. The molecule has 1 saturated carbocycles. The SMILES string of the molecule is CSc1cccc(NC(=O)C(=O)NCC2(c3ccsc3)CC2)c1. The second kappa shape index (κ2) is 6.76. The van der Waals surface area contributed by atoms with Gasteiger partial charge < -0.3 is 10.6 Å². The summed E-state index contributed by atoms with van der Waals surface area (Å²) in [6.45, 7) is 0.515. The number of carbonyl (C=O) groups is 2. The molecule has 0 radical (unpaired) electrons. The Kier molecular flexibility index (Phi) is 4.73. The maximum Gasteiger partial charge on any atom is 0.313 e. The van der Waals surface area contributed by atoms with Gasteiger partial charge in [-0.2, -0.15) is 11.3 Å². The van der Waals surface area contributed by atoms with Crippen molar-refractivity contribution in [1.82, 2.24) is 5.32 Å². The lowest BCUT2D eigenvalue weighted by atomic mass is 9.99. The van der Waals surface area contributed by atoms with Gasteiger partial charge in [0.05, 0.1) is 0 Å². The molecule has 23 heavy (non-hydrogen) atoms. The molecule has 0 spiro atoms. The van der Waals surface area contributed by atoms with Crippen LogP contribution in [0.25, 0.3) is 0 Å². The van der Waals surface area contributed by atoms with E-state index in [2.05, 4.69) is 22.1 Å². The van der Waals surface area contributed by atoms with Gasteiger partial charge in [0.15, 0.2) is 0 Å². The van der Waals surface area contributed by atoms with Gasteiger partial charge in [0.25, 0.3) is 0 Å². The van der Waals surface area contributed by atoms with Gasteiger partial charge in [-0.3, -0.25) is 9.59 Å². The lowest BCUT2D eigenvalue weighted by Crippen LogP contribution is -2.39. The first-order chi connectivity index (χ1) is 11.1. The van der Waals surface area contributed by atoms with Crippen molar-refractivity contribution in [3.63, 3.8) is 0 Å². The number of hydrogen-bond donors (Lipinski definition) is 2. The summed E-state index contributed by atoms with van der Waals surface area (Å²) in [5.41, 5.74) is 1.93. The molecule has 1 heterocycles. The summed E-state index contributed by atoms with van der Waals surface area (Å²) < 4.78 is 0. The first-order valence-corrected chi connectivity index (χ1v) is 9.56. The molecule has 1 fully saturated rings. The number of rotatable bonds is 5. The molecule has 0 atom stereocenters. The topological polar surface area (TPSA) is 58.2 Å². The summed E-state index contributed by atoms with van der Waals surface area (Å²) in [4.78, 5) is 25.1. The van der Waals surface area contributed by atoms with E-state index in [0.717, 1.165) is 17.7 Å². The van der Waals surface area contributed by atoms with E-state index in [9.17, 15) is 9.59 Å². The van der Waals surface area contributed by atoms with Crippen LogP contribution >= 0.6 is 23.1 Å². The smallest absolute Gasteiger partial charge is 0.313 e. The van der Waals surface area contributed by atoms with E-state index in [1.54, 1.807) is 29.2 Å². The molecular weight excluding hydrogens is 328 g/mol. The van der Waals surface area contributed by atoms with E-state index >= 15 is 0 Å². The minimum atomic E-state index is -0.621. The Balaban J connectivity index is 1.55. The van der Waals surface area contributed by atoms with Crippen LogP contribution in [0.3, 0.4) is 0 Å². The van der Waals surface area contributed by atoms with E-state index in [4.69, 9.17) is 0 Å². The molecule has 1 aliphatic carbocycles. The second-order valence-electron chi connectivity index (χ2n) is 5.66. The van der Waals surface area contributed by atoms with Crippen molar-refractivity contribution in [2.24, 2.45) is 0 Å². The van der Waals surface area contributed by atoms with Gasteiger partial charge in [-0.15, -0.1) is 11.8 Å². The molecule has 6 heteroatoms. The minimum absolute atomic E-state index is 0.0364. The Morgan fingerprint density at radius 3 is 2.74 bits per heavy atom. The van der Waals surface area contributed by atoms with E-state index in [1.165, 1.54) is 5.56 Å². The van der Waals surface area contributed by atoms with Crippen LogP contribution in [0.1, 0.15) is 18.4 Å². The minimum Gasteiger partial charge on any atom is -0.347 e. The molecular formula is C17H18N2O2S2. The third kappa shape index (κ3) is 3.76. The first-order valence-electron chi connectivity index (χ1n) is 7.39. The average Bonchev–Trinajstić information content (AvgIpc) is 3.15.